The molecule has 150 valence electrons. The van der Waals surface area contributed by atoms with Gasteiger partial charge in [-0.1, -0.05) is 17.7 Å². The van der Waals surface area contributed by atoms with Crippen LogP contribution in [0.3, 0.4) is 0 Å². The van der Waals surface area contributed by atoms with E-state index in [1.54, 1.807) is 40.8 Å². The van der Waals surface area contributed by atoms with E-state index in [1.165, 1.54) is 12.8 Å². The number of carbonyl (C=O) groups is 1. The molecule has 0 radical (unpaired) electrons. The Morgan fingerprint density at radius 2 is 2.14 bits per heavy atom. The molecule has 4 rings (SSSR count). The highest BCUT2D eigenvalue weighted by Crippen LogP contribution is 2.34. The molecule has 0 bridgehead atoms. The number of benzene rings is 1. The first kappa shape index (κ1) is 19.9. The lowest BCUT2D eigenvalue weighted by Crippen LogP contribution is -2.31. The maximum Gasteiger partial charge on any atom is 0.260 e. The first-order chi connectivity index (χ1) is 14.1. The summed E-state index contributed by atoms with van der Waals surface area (Å²) in [4.78, 5) is 26.4. The zero-order chi connectivity index (χ0) is 20.4. The quantitative estimate of drug-likeness (QED) is 0.512. The van der Waals surface area contributed by atoms with Gasteiger partial charge in [0.05, 0.1) is 17.8 Å². The van der Waals surface area contributed by atoms with E-state index in [0.717, 1.165) is 28.6 Å². The molecule has 1 saturated carbocycles. The maximum absolute atomic E-state index is 13.3. The molecule has 1 amide bonds. The topological polar surface area (TPSA) is 49.3 Å². The van der Waals surface area contributed by atoms with Crippen LogP contribution in [0.15, 0.2) is 48.1 Å². The lowest BCUT2D eigenvalue weighted by atomic mass is 10.1. The zero-order valence-corrected chi connectivity index (χ0v) is 18.1. The van der Waals surface area contributed by atoms with E-state index in [0.29, 0.717) is 23.2 Å². The van der Waals surface area contributed by atoms with Crippen molar-refractivity contribution in [1.82, 2.24) is 9.97 Å². The number of anilines is 2. The fourth-order valence-corrected chi connectivity index (χ4v) is 4.50. The Labute approximate surface area is 180 Å². The Balaban J connectivity index is 1.66. The van der Waals surface area contributed by atoms with Crippen LogP contribution in [0.1, 0.15) is 41.4 Å². The highest BCUT2D eigenvalue weighted by Gasteiger charge is 2.30. The molecule has 0 N–H and O–H groups in total. The number of aryl methyl sites for hydroxylation is 1. The largest absolute Gasteiger partial charge is 0.345 e. The summed E-state index contributed by atoms with van der Waals surface area (Å²) in [7, 11) is 0. The maximum atomic E-state index is 13.3. The molecule has 3 aromatic rings. The summed E-state index contributed by atoms with van der Waals surface area (Å²) >= 11 is 7.89. The number of hydrogen-bond acceptors (Lipinski definition) is 5. The second-order valence-corrected chi connectivity index (χ2v) is 8.48. The number of pyridine rings is 1. The first-order valence-corrected chi connectivity index (χ1v) is 11.0. The van der Waals surface area contributed by atoms with Gasteiger partial charge in [-0.3, -0.25) is 9.78 Å². The number of hydrogen-bond donors (Lipinski definition) is 0. The van der Waals surface area contributed by atoms with Crippen LogP contribution in [0.4, 0.5) is 10.8 Å². The average molecular weight is 427 g/mol. The summed E-state index contributed by atoms with van der Waals surface area (Å²) in [6, 6.07) is 9.76. The number of rotatable bonds is 7. The van der Waals surface area contributed by atoms with Crippen molar-refractivity contribution < 1.29 is 4.79 Å². The Bertz CT molecular complexity index is 1000. The summed E-state index contributed by atoms with van der Waals surface area (Å²) in [5, 5.41) is 3.67. The molecular formula is C22H23ClN4OS. The average Bonchev–Trinajstić information content (AvgIpc) is 3.47. The predicted octanol–water partition coefficient (Wildman–Crippen LogP) is 5.34. The van der Waals surface area contributed by atoms with Crippen LogP contribution in [0.2, 0.25) is 5.02 Å². The Hall–Kier alpha value is -2.44. The van der Waals surface area contributed by atoms with Gasteiger partial charge >= 0.3 is 0 Å². The van der Waals surface area contributed by atoms with Crippen molar-refractivity contribution in [3.8, 4) is 0 Å². The van der Waals surface area contributed by atoms with Crippen molar-refractivity contribution in [2.75, 3.05) is 16.3 Å². The van der Waals surface area contributed by atoms with Gasteiger partial charge in [-0.2, -0.15) is 0 Å². The van der Waals surface area contributed by atoms with Crippen LogP contribution in [0.5, 0.6) is 0 Å². The van der Waals surface area contributed by atoms with Crippen LogP contribution in [0, 0.1) is 6.92 Å². The standard InChI is InChI=1S/C22H23ClN4OS/c1-3-26(19-8-9-19)22-25-18(14-29-22)13-27(20-11-17(23)7-6-15(20)2)21(28)16-5-4-10-24-12-16/h4-7,10-12,14,19H,3,8-9,13H2,1-2H3. The number of nitrogens with zero attached hydrogens (tertiary/aromatic N) is 4. The van der Waals surface area contributed by atoms with Crippen molar-refractivity contribution in [3.63, 3.8) is 0 Å². The minimum Gasteiger partial charge on any atom is -0.345 e. The number of amides is 1. The predicted molar refractivity (Wildman–Crippen MR) is 119 cm³/mol. The van der Waals surface area contributed by atoms with Gasteiger partial charge in [0.1, 0.15) is 0 Å². The minimum atomic E-state index is -0.118. The number of halogens is 1. The molecule has 1 aliphatic rings. The van der Waals surface area contributed by atoms with E-state index in [-0.39, 0.29) is 5.91 Å². The van der Waals surface area contributed by atoms with Crippen LogP contribution >= 0.6 is 22.9 Å². The summed E-state index contributed by atoms with van der Waals surface area (Å²) in [5.41, 5.74) is 3.18. The second kappa shape index (κ2) is 8.51. The Kier molecular flexibility index (Phi) is 5.83. The highest BCUT2D eigenvalue weighted by molar-refractivity contribution is 7.13. The van der Waals surface area contributed by atoms with Crippen molar-refractivity contribution in [2.45, 2.75) is 39.3 Å². The third-order valence-electron chi connectivity index (χ3n) is 5.05. The number of carbonyl (C=O) groups excluding carboxylic acids is 1. The third-order valence-corrected chi connectivity index (χ3v) is 6.21. The van der Waals surface area contributed by atoms with Crippen molar-refractivity contribution in [1.29, 1.82) is 0 Å². The molecule has 1 aliphatic carbocycles. The van der Waals surface area contributed by atoms with Gasteiger partial charge < -0.3 is 9.80 Å². The van der Waals surface area contributed by atoms with Gasteiger partial charge in [-0.15, -0.1) is 11.3 Å². The van der Waals surface area contributed by atoms with Gasteiger partial charge in [-0.25, -0.2) is 4.98 Å². The van der Waals surface area contributed by atoms with Crippen molar-refractivity contribution in [3.05, 3.63) is 69.9 Å². The van der Waals surface area contributed by atoms with Gasteiger partial charge in [0.25, 0.3) is 5.91 Å². The first-order valence-electron chi connectivity index (χ1n) is 9.76. The normalized spacial score (nSPS) is 13.3. The molecule has 0 spiro atoms. The molecular weight excluding hydrogens is 404 g/mol. The molecule has 0 aliphatic heterocycles. The molecule has 0 saturated heterocycles. The van der Waals surface area contributed by atoms with Gasteiger partial charge in [0.15, 0.2) is 5.13 Å². The molecule has 1 aromatic carbocycles. The smallest absolute Gasteiger partial charge is 0.260 e. The minimum absolute atomic E-state index is 0.118. The van der Waals surface area contributed by atoms with E-state index in [1.807, 2.05) is 30.5 Å². The highest BCUT2D eigenvalue weighted by atomic mass is 35.5. The molecule has 2 heterocycles. The van der Waals surface area contributed by atoms with E-state index in [9.17, 15) is 4.79 Å². The Morgan fingerprint density at radius 3 is 2.83 bits per heavy atom. The van der Waals surface area contributed by atoms with Gasteiger partial charge in [0, 0.05) is 41.1 Å². The van der Waals surface area contributed by atoms with Gasteiger partial charge in [-0.05, 0) is 56.5 Å². The van der Waals surface area contributed by atoms with Crippen LogP contribution < -0.4 is 9.80 Å². The third kappa shape index (κ3) is 4.43. The number of aromatic nitrogens is 2. The fourth-order valence-electron chi connectivity index (χ4n) is 3.38. The van der Waals surface area contributed by atoms with E-state index >= 15 is 0 Å². The lowest BCUT2D eigenvalue weighted by molar-refractivity contribution is 0.0984. The molecule has 1 fully saturated rings. The molecule has 2 aromatic heterocycles. The molecule has 0 unspecified atom stereocenters. The van der Waals surface area contributed by atoms with Crippen LogP contribution in [-0.4, -0.2) is 28.5 Å². The zero-order valence-electron chi connectivity index (χ0n) is 16.5. The van der Waals surface area contributed by atoms with E-state index < -0.39 is 0 Å². The SMILES string of the molecule is CCN(c1nc(CN(C(=O)c2cccnc2)c2cc(Cl)ccc2C)cs1)C1CC1. The lowest BCUT2D eigenvalue weighted by Gasteiger charge is -2.24. The summed E-state index contributed by atoms with van der Waals surface area (Å²) in [6.45, 7) is 5.47. The summed E-state index contributed by atoms with van der Waals surface area (Å²) in [5.74, 6) is -0.118. The number of thiazole rings is 1. The van der Waals surface area contributed by atoms with E-state index in [4.69, 9.17) is 16.6 Å². The van der Waals surface area contributed by atoms with E-state index in [2.05, 4.69) is 16.8 Å². The summed E-state index contributed by atoms with van der Waals surface area (Å²) in [6.07, 6.45) is 5.72. The second-order valence-electron chi connectivity index (χ2n) is 7.20. The molecule has 5 nitrogen and oxygen atoms in total. The van der Waals surface area contributed by atoms with Gasteiger partial charge in [0.2, 0.25) is 0 Å². The molecule has 7 heteroatoms. The fraction of sp³-hybridized carbons (Fsp3) is 0.318. The Morgan fingerprint density at radius 1 is 1.31 bits per heavy atom. The van der Waals surface area contributed by atoms with Crippen molar-refractivity contribution >= 4 is 39.7 Å². The molecule has 29 heavy (non-hydrogen) atoms. The van der Waals surface area contributed by atoms with Crippen molar-refractivity contribution in [2.24, 2.45) is 0 Å². The van der Waals surface area contributed by atoms with Crippen LogP contribution in [-0.2, 0) is 6.54 Å². The monoisotopic (exact) mass is 426 g/mol. The summed E-state index contributed by atoms with van der Waals surface area (Å²) < 4.78 is 0. The van der Waals surface area contributed by atoms with Crippen LogP contribution in [0.25, 0.3) is 0 Å². The molecule has 0 atom stereocenters.